The molecule has 0 amide bonds. The van der Waals surface area contributed by atoms with E-state index in [1.807, 2.05) is 6.20 Å². The highest BCUT2D eigenvalue weighted by Crippen LogP contribution is 2.11. The van der Waals surface area contributed by atoms with Crippen LogP contribution in [0.1, 0.15) is 19.4 Å². The van der Waals surface area contributed by atoms with Gasteiger partial charge in [-0.3, -0.25) is 0 Å². The first-order chi connectivity index (χ1) is 8.15. The molecule has 0 saturated carbocycles. The number of nitrogens with zero attached hydrogens (tertiary/aromatic N) is 2. The second-order valence-electron chi connectivity index (χ2n) is 4.40. The van der Waals surface area contributed by atoms with Crippen molar-refractivity contribution in [2.75, 3.05) is 32.2 Å². The lowest BCUT2D eigenvalue weighted by Crippen LogP contribution is -2.26. The first kappa shape index (κ1) is 13.9. The van der Waals surface area contributed by atoms with Crippen LogP contribution in [0.2, 0.25) is 0 Å². The number of hydrogen-bond acceptors (Lipinski definition) is 4. The van der Waals surface area contributed by atoms with Crippen LogP contribution in [0.3, 0.4) is 0 Å². The van der Waals surface area contributed by atoms with E-state index < -0.39 is 0 Å². The van der Waals surface area contributed by atoms with Gasteiger partial charge in [0.05, 0.1) is 6.61 Å². The highest BCUT2D eigenvalue weighted by molar-refractivity contribution is 5.39. The van der Waals surface area contributed by atoms with Gasteiger partial charge in [0.1, 0.15) is 5.82 Å². The van der Waals surface area contributed by atoms with Crippen LogP contribution < -0.4 is 10.2 Å². The summed E-state index contributed by atoms with van der Waals surface area (Å²) in [5, 5.41) is 3.30. The fraction of sp³-hybridized carbons (Fsp3) is 0.615. The van der Waals surface area contributed by atoms with Crippen LogP contribution in [0.5, 0.6) is 0 Å². The quantitative estimate of drug-likeness (QED) is 0.732. The second kappa shape index (κ2) is 7.25. The van der Waals surface area contributed by atoms with Gasteiger partial charge in [0.2, 0.25) is 0 Å². The summed E-state index contributed by atoms with van der Waals surface area (Å²) in [4.78, 5) is 6.61. The molecule has 1 heterocycles. The number of hydrogen-bond donors (Lipinski definition) is 1. The van der Waals surface area contributed by atoms with E-state index in [-0.39, 0.29) is 0 Å². The van der Waals surface area contributed by atoms with E-state index in [9.17, 15) is 0 Å². The van der Waals surface area contributed by atoms with E-state index in [0.717, 1.165) is 25.5 Å². The molecule has 1 rings (SSSR count). The van der Waals surface area contributed by atoms with Gasteiger partial charge in [-0.05, 0) is 25.5 Å². The number of aromatic nitrogens is 1. The summed E-state index contributed by atoms with van der Waals surface area (Å²) in [6.07, 6.45) is 1.92. The van der Waals surface area contributed by atoms with Crippen LogP contribution in [0.4, 0.5) is 5.82 Å². The summed E-state index contributed by atoms with van der Waals surface area (Å²) in [5.74, 6) is 1.01. The zero-order chi connectivity index (χ0) is 12.7. The Labute approximate surface area is 104 Å². The first-order valence-corrected chi connectivity index (χ1v) is 6.02. The maximum atomic E-state index is 4.97. The van der Waals surface area contributed by atoms with Gasteiger partial charge >= 0.3 is 0 Å². The minimum Gasteiger partial charge on any atom is -0.383 e. The van der Waals surface area contributed by atoms with Gasteiger partial charge in [0.15, 0.2) is 0 Å². The minimum atomic E-state index is 0.466. The summed E-state index contributed by atoms with van der Waals surface area (Å²) in [7, 11) is 3.77. The number of nitrogens with one attached hydrogen (secondary N) is 1. The Kier molecular flexibility index (Phi) is 5.94. The molecule has 0 spiro atoms. The van der Waals surface area contributed by atoms with Gasteiger partial charge in [0, 0.05) is 39.5 Å². The topological polar surface area (TPSA) is 37.4 Å². The number of methoxy groups -OCH3 is 1. The van der Waals surface area contributed by atoms with Crippen LogP contribution >= 0.6 is 0 Å². The molecule has 0 radical (unpaired) electrons. The van der Waals surface area contributed by atoms with Crippen LogP contribution in [0.25, 0.3) is 0 Å². The third-order valence-electron chi connectivity index (χ3n) is 2.76. The van der Waals surface area contributed by atoms with Crippen molar-refractivity contribution in [3.63, 3.8) is 0 Å². The minimum absolute atomic E-state index is 0.466. The zero-order valence-electron chi connectivity index (χ0n) is 11.2. The first-order valence-electron chi connectivity index (χ1n) is 6.02. The monoisotopic (exact) mass is 237 g/mol. The molecule has 0 aliphatic carbocycles. The Morgan fingerprint density at radius 2 is 2.18 bits per heavy atom. The Morgan fingerprint density at radius 3 is 2.71 bits per heavy atom. The van der Waals surface area contributed by atoms with Crippen LogP contribution in [-0.4, -0.2) is 38.3 Å². The predicted molar refractivity (Wildman–Crippen MR) is 71.4 cm³/mol. The van der Waals surface area contributed by atoms with Crippen molar-refractivity contribution in [1.82, 2.24) is 10.3 Å². The van der Waals surface area contributed by atoms with Gasteiger partial charge in [-0.1, -0.05) is 6.07 Å². The molecular weight excluding hydrogens is 214 g/mol. The Balaban J connectivity index is 2.44. The molecule has 4 nitrogen and oxygen atoms in total. The van der Waals surface area contributed by atoms with Crippen molar-refractivity contribution in [3.05, 3.63) is 23.9 Å². The van der Waals surface area contributed by atoms with Gasteiger partial charge < -0.3 is 15.0 Å². The van der Waals surface area contributed by atoms with Crippen molar-refractivity contribution in [2.24, 2.45) is 0 Å². The second-order valence-corrected chi connectivity index (χ2v) is 4.40. The summed E-state index contributed by atoms with van der Waals surface area (Å²) < 4.78 is 4.97. The molecule has 96 valence electrons. The van der Waals surface area contributed by atoms with Gasteiger partial charge in [0.25, 0.3) is 0 Å². The van der Waals surface area contributed by atoms with Crippen molar-refractivity contribution >= 4 is 5.82 Å². The molecule has 1 N–H and O–H groups in total. The molecule has 0 bridgehead atoms. The summed E-state index contributed by atoms with van der Waals surface area (Å²) >= 11 is 0. The number of ether oxygens (including phenoxy) is 1. The van der Waals surface area contributed by atoms with E-state index in [1.165, 1.54) is 5.56 Å². The predicted octanol–water partition coefficient (Wildman–Crippen LogP) is 1.66. The van der Waals surface area contributed by atoms with Crippen molar-refractivity contribution in [1.29, 1.82) is 0 Å². The lowest BCUT2D eigenvalue weighted by atomic mass is 10.2. The van der Waals surface area contributed by atoms with E-state index in [4.69, 9.17) is 4.74 Å². The van der Waals surface area contributed by atoms with E-state index in [2.05, 4.69) is 48.2 Å². The van der Waals surface area contributed by atoms with Crippen molar-refractivity contribution in [2.45, 2.75) is 26.4 Å². The van der Waals surface area contributed by atoms with E-state index >= 15 is 0 Å². The number of rotatable bonds is 7. The van der Waals surface area contributed by atoms with E-state index in [0.29, 0.717) is 6.04 Å². The Hall–Kier alpha value is -1.13. The zero-order valence-corrected chi connectivity index (χ0v) is 11.2. The molecule has 1 aromatic heterocycles. The maximum absolute atomic E-state index is 4.97. The smallest absolute Gasteiger partial charge is 0.128 e. The normalized spacial score (nSPS) is 10.9. The fourth-order valence-electron chi connectivity index (χ4n) is 1.40. The fourth-order valence-corrected chi connectivity index (χ4v) is 1.40. The molecule has 0 aliphatic heterocycles. The van der Waals surface area contributed by atoms with E-state index in [1.54, 1.807) is 7.11 Å². The highest BCUT2D eigenvalue weighted by atomic mass is 16.5. The van der Waals surface area contributed by atoms with Crippen LogP contribution in [0, 0.1) is 0 Å². The SMILES string of the molecule is COCCNCc1ccc(N(C)C(C)C)nc1. The van der Waals surface area contributed by atoms with Gasteiger partial charge in [-0.15, -0.1) is 0 Å². The molecule has 0 aromatic carbocycles. The molecule has 0 atom stereocenters. The Bertz CT molecular complexity index is 311. The van der Waals surface area contributed by atoms with Crippen LogP contribution in [-0.2, 0) is 11.3 Å². The molecule has 17 heavy (non-hydrogen) atoms. The average Bonchev–Trinajstić information content (AvgIpc) is 2.34. The van der Waals surface area contributed by atoms with Gasteiger partial charge in [-0.2, -0.15) is 0 Å². The lowest BCUT2D eigenvalue weighted by Gasteiger charge is -2.22. The Morgan fingerprint density at radius 1 is 1.41 bits per heavy atom. The lowest BCUT2D eigenvalue weighted by molar-refractivity contribution is 0.199. The summed E-state index contributed by atoms with van der Waals surface area (Å²) in [5.41, 5.74) is 1.20. The van der Waals surface area contributed by atoms with Gasteiger partial charge in [-0.25, -0.2) is 4.98 Å². The average molecular weight is 237 g/mol. The third-order valence-corrected chi connectivity index (χ3v) is 2.76. The van der Waals surface area contributed by atoms with Crippen molar-refractivity contribution in [3.8, 4) is 0 Å². The third kappa shape index (κ3) is 4.71. The molecule has 0 fully saturated rings. The molecule has 4 heteroatoms. The molecule has 0 saturated heterocycles. The molecule has 0 unspecified atom stereocenters. The number of pyridine rings is 1. The molecular formula is C13H23N3O. The number of anilines is 1. The molecule has 1 aromatic rings. The van der Waals surface area contributed by atoms with Crippen molar-refractivity contribution < 1.29 is 4.74 Å². The highest BCUT2D eigenvalue weighted by Gasteiger charge is 2.05. The summed E-state index contributed by atoms with van der Waals surface area (Å²) in [6.45, 7) is 6.75. The molecule has 0 aliphatic rings. The summed E-state index contributed by atoms with van der Waals surface area (Å²) in [6, 6.07) is 4.64. The standard InChI is InChI=1S/C13H23N3O/c1-11(2)16(3)13-6-5-12(10-15-13)9-14-7-8-17-4/h5-6,10-11,14H,7-9H2,1-4H3. The maximum Gasteiger partial charge on any atom is 0.128 e. The van der Waals surface area contributed by atoms with Crippen LogP contribution in [0.15, 0.2) is 18.3 Å². The largest absolute Gasteiger partial charge is 0.383 e.